The van der Waals surface area contributed by atoms with E-state index in [1.54, 1.807) is 0 Å². The lowest BCUT2D eigenvalue weighted by Crippen LogP contribution is -2.18. The van der Waals surface area contributed by atoms with Crippen LogP contribution in [-0.4, -0.2) is 38.3 Å². The fraction of sp³-hybridized carbons (Fsp3) is 0.444. The molecule has 0 bridgehead atoms. The molecule has 0 amide bonds. The van der Waals surface area contributed by atoms with Crippen molar-refractivity contribution in [3.05, 3.63) is 24.0 Å². The number of ether oxygens (including phenoxy) is 1. The van der Waals surface area contributed by atoms with Crippen molar-refractivity contribution in [3.63, 3.8) is 0 Å². The number of hydrogen-bond acceptors (Lipinski definition) is 5. The molecule has 0 saturated heterocycles. The Morgan fingerprint density at radius 2 is 2.25 bits per heavy atom. The molecule has 1 atom stereocenters. The fourth-order valence-electron chi connectivity index (χ4n) is 1.19. The van der Waals surface area contributed by atoms with E-state index < -0.39 is 16.1 Å². The summed E-state index contributed by atoms with van der Waals surface area (Å²) in [4.78, 5) is 3.85. The predicted molar refractivity (Wildman–Crippen MR) is 57.2 cm³/mol. The Morgan fingerprint density at radius 3 is 2.69 bits per heavy atom. The molecular weight excluding hydrogens is 232 g/mol. The minimum atomic E-state index is -3.71. The summed E-state index contributed by atoms with van der Waals surface area (Å²) in [7, 11) is -2.22. The summed E-state index contributed by atoms with van der Waals surface area (Å²) >= 11 is 0. The largest absolute Gasteiger partial charge is 0.390 e. The van der Waals surface area contributed by atoms with E-state index in [1.807, 2.05) is 0 Å². The first-order valence-corrected chi connectivity index (χ1v) is 6.13. The lowest BCUT2D eigenvalue weighted by atomic mass is 10.2. The van der Waals surface area contributed by atoms with Gasteiger partial charge in [0.2, 0.25) is 10.0 Å². The summed E-state index contributed by atoms with van der Waals surface area (Å²) in [5, 5.41) is 14.3. The maximum Gasteiger partial charge on any atom is 0.239 e. The summed E-state index contributed by atoms with van der Waals surface area (Å²) < 4.78 is 26.6. The van der Waals surface area contributed by atoms with Crippen LogP contribution in [0.1, 0.15) is 5.69 Å². The van der Waals surface area contributed by atoms with E-state index in [-0.39, 0.29) is 11.5 Å². The Labute approximate surface area is 94.1 Å². The zero-order valence-electron chi connectivity index (χ0n) is 8.83. The Morgan fingerprint density at radius 1 is 1.56 bits per heavy atom. The average Bonchev–Trinajstić information content (AvgIpc) is 2.17. The second-order valence-corrected chi connectivity index (χ2v) is 4.90. The second-order valence-electron chi connectivity index (χ2n) is 3.34. The minimum Gasteiger partial charge on any atom is -0.390 e. The average molecular weight is 246 g/mol. The van der Waals surface area contributed by atoms with Gasteiger partial charge in [0.25, 0.3) is 0 Å². The second kappa shape index (κ2) is 5.35. The third-order valence-corrected chi connectivity index (χ3v) is 2.83. The van der Waals surface area contributed by atoms with Crippen LogP contribution in [0.2, 0.25) is 0 Å². The van der Waals surface area contributed by atoms with Crippen LogP contribution in [0.25, 0.3) is 0 Å². The summed E-state index contributed by atoms with van der Waals surface area (Å²) in [5.41, 5.74) is 0.581. The number of hydrogen-bond donors (Lipinski definition) is 2. The fourth-order valence-corrected chi connectivity index (χ4v) is 1.65. The normalized spacial score (nSPS) is 13.7. The molecule has 1 aromatic rings. The minimum absolute atomic E-state index is 0.0440. The van der Waals surface area contributed by atoms with Crippen LogP contribution in [0.3, 0.4) is 0 Å². The molecule has 90 valence electrons. The summed E-state index contributed by atoms with van der Waals surface area (Å²) in [6.07, 6.45) is 0.820. The van der Waals surface area contributed by atoms with Gasteiger partial charge in [-0.3, -0.25) is 4.98 Å². The smallest absolute Gasteiger partial charge is 0.239 e. The number of rotatable bonds is 5. The van der Waals surface area contributed by atoms with Crippen molar-refractivity contribution in [2.45, 2.75) is 17.4 Å². The highest BCUT2D eigenvalue weighted by molar-refractivity contribution is 7.89. The van der Waals surface area contributed by atoms with Gasteiger partial charge in [0.15, 0.2) is 0 Å². The van der Waals surface area contributed by atoms with Gasteiger partial charge in [-0.1, -0.05) is 0 Å². The van der Waals surface area contributed by atoms with E-state index in [9.17, 15) is 13.5 Å². The summed E-state index contributed by atoms with van der Waals surface area (Å²) in [6.45, 7) is 0.207. The topological polar surface area (TPSA) is 103 Å². The molecule has 3 N–H and O–H groups in total. The van der Waals surface area contributed by atoms with Gasteiger partial charge in [0, 0.05) is 25.4 Å². The summed E-state index contributed by atoms with van der Waals surface area (Å²) in [6, 6.07) is 2.87. The lowest BCUT2D eigenvalue weighted by molar-refractivity contribution is 0.0644. The van der Waals surface area contributed by atoms with Crippen LogP contribution in [0.15, 0.2) is 23.2 Å². The van der Waals surface area contributed by atoms with Crippen molar-refractivity contribution in [1.82, 2.24) is 4.98 Å². The standard InChI is InChI=1S/C9H14N2O4S/c1-15-6-8(12)4-7-2-3-9(5-11-7)16(10,13)14/h2-3,5,8,12H,4,6H2,1H3,(H2,10,13,14). The van der Waals surface area contributed by atoms with E-state index in [0.717, 1.165) is 0 Å². The van der Waals surface area contributed by atoms with Gasteiger partial charge in [-0.05, 0) is 12.1 Å². The van der Waals surface area contributed by atoms with E-state index >= 15 is 0 Å². The van der Waals surface area contributed by atoms with Crippen molar-refractivity contribution < 1.29 is 18.3 Å². The zero-order chi connectivity index (χ0) is 12.2. The molecule has 0 aromatic carbocycles. The molecule has 0 spiro atoms. The SMILES string of the molecule is COCC(O)Cc1ccc(S(N)(=O)=O)cn1. The highest BCUT2D eigenvalue weighted by Gasteiger charge is 2.10. The first-order valence-electron chi connectivity index (χ1n) is 4.58. The van der Waals surface area contributed by atoms with Gasteiger partial charge in [-0.2, -0.15) is 0 Å². The number of methoxy groups -OCH3 is 1. The van der Waals surface area contributed by atoms with Crippen molar-refractivity contribution in [3.8, 4) is 0 Å². The molecule has 1 aromatic heterocycles. The number of pyridine rings is 1. The van der Waals surface area contributed by atoms with E-state index in [0.29, 0.717) is 12.1 Å². The maximum absolute atomic E-state index is 10.9. The molecule has 0 radical (unpaired) electrons. The van der Waals surface area contributed by atoms with Crippen LogP contribution in [0, 0.1) is 0 Å². The molecular formula is C9H14N2O4S. The van der Waals surface area contributed by atoms with Crippen LogP contribution in [0.5, 0.6) is 0 Å². The predicted octanol–water partition coefficient (Wildman–Crippen LogP) is -0.721. The Kier molecular flexibility index (Phi) is 4.36. The van der Waals surface area contributed by atoms with E-state index in [2.05, 4.69) is 4.98 Å². The van der Waals surface area contributed by atoms with Crippen molar-refractivity contribution in [2.24, 2.45) is 5.14 Å². The van der Waals surface area contributed by atoms with Crippen LogP contribution < -0.4 is 5.14 Å². The maximum atomic E-state index is 10.9. The number of primary sulfonamides is 1. The van der Waals surface area contributed by atoms with Crippen molar-refractivity contribution in [2.75, 3.05) is 13.7 Å². The van der Waals surface area contributed by atoms with Gasteiger partial charge in [0.1, 0.15) is 4.90 Å². The third kappa shape index (κ3) is 3.86. The monoisotopic (exact) mass is 246 g/mol. The van der Waals surface area contributed by atoms with Gasteiger partial charge < -0.3 is 9.84 Å². The van der Waals surface area contributed by atoms with Gasteiger partial charge in [-0.15, -0.1) is 0 Å². The van der Waals surface area contributed by atoms with Crippen molar-refractivity contribution >= 4 is 10.0 Å². The molecule has 0 aliphatic rings. The first-order chi connectivity index (χ1) is 7.43. The molecule has 0 aliphatic heterocycles. The van der Waals surface area contributed by atoms with Crippen LogP contribution in [0.4, 0.5) is 0 Å². The molecule has 0 saturated carbocycles. The molecule has 0 fully saturated rings. The molecule has 6 nitrogen and oxygen atoms in total. The van der Waals surface area contributed by atoms with Gasteiger partial charge in [0.05, 0.1) is 12.7 Å². The number of aliphatic hydroxyl groups excluding tert-OH is 1. The highest BCUT2D eigenvalue weighted by Crippen LogP contribution is 2.07. The molecule has 7 heteroatoms. The zero-order valence-corrected chi connectivity index (χ0v) is 9.64. The quantitative estimate of drug-likeness (QED) is 0.713. The molecule has 1 rings (SSSR count). The van der Waals surface area contributed by atoms with Gasteiger partial charge in [-0.25, -0.2) is 13.6 Å². The Balaban J connectivity index is 2.72. The molecule has 16 heavy (non-hydrogen) atoms. The molecule has 1 unspecified atom stereocenters. The number of sulfonamides is 1. The molecule has 1 heterocycles. The van der Waals surface area contributed by atoms with E-state index in [1.165, 1.54) is 25.4 Å². The third-order valence-electron chi connectivity index (χ3n) is 1.93. The summed E-state index contributed by atoms with van der Waals surface area (Å²) in [5.74, 6) is 0. The Bertz CT molecular complexity index is 429. The number of aliphatic hydroxyl groups is 1. The Hall–Kier alpha value is -1.02. The van der Waals surface area contributed by atoms with Crippen molar-refractivity contribution in [1.29, 1.82) is 0 Å². The van der Waals surface area contributed by atoms with Gasteiger partial charge >= 0.3 is 0 Å². The number of nitrogens with two attached hydrogens (primary N) is 1. The lowest BCUT2D eigenvalue weighted by Gasteiger charge is -2.08. The first kappa shape index (κ1) is 13.0. The number of nitrogens with zero attached hydrogens (tertiary/aromatic N) is 1. The highest BCUT2D eigenvalue weighted by atomic mass is 32.2. The van der Waals surface area contributed by atoms with Crippen LogP contribution >= 0.6 is 0 Å². The van der Waals surface area contributed by atoms with Crippen LogP contribution in [-0.2, 0) is 21.2 Å². The molecule has 0 aliphatic carbocycles. The van der Waals surface area contributed by atoms with E-state index in [4.69, 9.17) is 9.88 Å². The number of aromatic nitrogens is 1.